The molecule has 0 atom stereocenters. The number of carbonyl (C=O) groups excluding carboxylic acids is 5. The molecule has 3 saturated carbocycles. The van der Waals surface area contributed by atoms with Gasteiger partial charge in [0.2, 0.25) is 11.8 Å². The van der Waals surface area contributed by atoms with Crippen molar-refractivity contribution in [3.63, 3.8) is 0 Å². The number of aryl methyl sites for hydroxylation is 2. The number of hydrogen-bond donors (Lipinski definition) is 9. The first-order valence-electron chi connectivity index (χ1n) is 37.2. The van der Waals surface area contributed by atoms with Crippen LogP contribution < -0.4 is 51.7 Å². The van der Waals surface area contributed by atoms with Gasteiger partial charge in [-0.15, -0.1) is 0 Å². The molecule has 0 radical (unpaired) electrons. The molecule has 27 nitrogen and oxygen atoms in total. The molecule has 7 aromatic rings. The first-order valence-corrected chi connectivity index (χ1v) is 38.7. The normalized spacial score (nSPS) is 16.2. The standard InChI is InChI=1S/C17H28N4O4.C16H13F3O2.C15H22ClN3O3.C11H21NO3.C8H8F3N.C7H5ClO2.C4H2Cl2N2.C2H7NO.5CH4/c1-17(2,3)25-16(23)21-12-4-6-13(7-5-12)24-15-10-14(18-8-9-22)19-11-20-15;1-11-7-8-12(9-14(11)16(17,18)19)10-15(20)21-13-5-3-2-4-6-13;1-15(2,3)22-14(20)19-10-4-6-11(7-5-10)21-13-8-12(16)17-9-18-13;1-11(2,3)15-10(14)12-8-4-6-9(13)7-5-8;1-5-2-3-6(12)4-7(5)8(9,10)11;8-7(9)10-6-4-2-1-3-5-6;5-3-1-4(6)8-2-7-3;3-1-2-4;;;;;/h10-13,22H,4-9H2,1-3H3,(H,21,23)(H,18,19,20);2-9H,10H2,1H3;8-11H,4-7H2,1-3H3,(H,19,20);8-9,13H,4-7H2,1-3H3,(H,12,14);2-4H,12H2,1H3;1-5H;1-2H;4H,1-3H2;5*1H4. The first kappa shape index (κ1) is 117. The van der Waals surface area contributed by atoms with E-state index in [0.29, 0.717) is 57.6 Å². The van der Waals surface area contributed by atoms with E-state index in [0.717, 1.165) is 89.2 Å². The zero-order valence-electron chi connectivity index (χ0n) is 67.0. The van der Waals surface area contributed by atoms with Crippen molar-refractivity contribution in [3.8, 4) is 23.3 Å². The molecule has 4 aromatic carbocycles. The fourth-order valence-corrected chi connectivity index (χ4v) is 11.0. The van der Waals surface area contributed by atoms with E-state index >= 15 is 0 Å². The van der Waals surface area contributed by atoms with E-state index in [1.807, 2.05) is 68.4 Å². The Bertz CT molecular complexity index is 4060. The van der Waals surface area contributed by atoms with Crippen molar-refractivity contribution in [2.24, 2.45) is 5.73 Å². The van der Waals surface area contributed by atoms with Crippen molar-refractivity contribution in [2.75, 3.05) is 37.4 Å². The highest BCUT2D eigenvalue weighted by atomic mass is 35.5. The minimum Gasteiger partial charge on any atom is -0.474 e. The molecule has 3 aliphatic rings. The van der Waals surface area contributed by atoms with Gasteiger partial charge in [-0.25, -0.2) is 49.1 Å². The summed E-state index contributed by atoms with van der Waals surface area (Å²) in [7, 11) is 0. The van der Waals surface area contributed by atoms with Crippen molar-refractivity contribution in [2.45, 2.75) is 262 Å². The second-order valence-corrected chi connectivity index (χ2v) is 30.7. The average molecular weight is 1810 g/mol. The molecule has 686 valence electrons. The lowest BCUT2D eigenvalue weighted by Gasteiger charge is -2.30. The van der Waals surface area contributed by atoms with Crippen LogP contribution in [0.5, 0.6) is 23.3 Å². The number of aliphatic hydroxyl groups is 3. The van der Waals surface area contributed by atoms with Crippen molar-refractivity contribution in [1.82, 2.24) is 45.9 Å². The summed E-state index contributed by atoms with van der Waals surface area (Å²) >= 11 is 21.6. The maximum Gasteiger partial charge on any atom is 0.416 e. The number of carbonyl (C=O) groups is 5. The number of aliphatic hydroxyl groups excluding tert-OH is 3. The number of nitrogens with two attached hydrogens (primary N) is 2. The number of para-hydroxylation sites is 2. The number of ether oxygens (including phenoxy) is 7. The van der Waals surface area contributed by atoms with Gasteiger partial charge in [-0.1, -0.05) is 127 Å². The molecule has 0 aliphatic heterocycles. The number of rotatable bonds is 15. The Morgan fingerprint density at radius 1 is 0.475 bits per heavy atom. The number of aromatic nitrogens is 6. The van der Waals surface area contributed by atoms with E-state index < -0.39 is 51.7 Å². The number of alkyl halides is 6. The third kappa shape index (κ3) is 54.2. The van der Waals surface area contributed by atoms with Crippen LogP contribution in [-0.4, -0.2) is 154 Å². The van der Waals surface area contributed by atoms with Crippen LogP contribution in [0.4, 0.5) is 57.0 Å². The lowest BCUT2D eigenvalue weighted by Crippen LogP contribution is -2.42. The van der Waals surface area contributed by atoms with Crippen molar-refractivity contribution in [3.05, 3.63) is 178 Å². The number of nitrogen functional groups attached to an aromatic ring is 1. The highest BCUT2D eigenvalue weighted by Gasteiger charge is 2.34. The summed E-state index contributed by atoms with van der Waals surface area (Å²) in [5.74, 6) is 1.85. The number of esters is 1. The number of anilines is 2. The second kappa shape index (κ2) is 59.4. The molecule has 3 aromatic heterocycles. The van der Waals surface area contributed by atoms with Gasteiger partial charge in [-0.3, -0.25) is 4.79 Å². The van der Waals surface area contributed by atoms with Gasteiger partial charge in [0.1, 0.15) is 80.8 Å². The van der Waals surface area contributed by atoms with E-state index in [4.69, 9.17) is 96.5 Å². The fourth-order valence-electron chi connectivity index (χ4n) is 10.4. The Morgan fingerprint density at radius 2 is 0.836 bits per heavy atom. The summed E-state index contributed by atoms with van der Waals surface area (Å²) < 4.78 is 112. The molecular formula is C85H126Cl4F6N12O15. The molecule has 0 unspecified atom stereocenters. The summed E-state index contributed by atoms with van der Waals surface area (Å²) in [6, 6.07) is 29.8. The van der Waals surface area contributed by atoms with Crippen molar-refractivity contribution >= 4 is 87.6 Å². The monoisotopic (exact) mass is 1810 g/mol. The molecule has 0 saturated heterocycles. The largest absolute Gasteiger partial charge is 0.474 e. The molecule has 11 N–H and O–H groups in total. The topological polar surface area (TPSA) is 388 Å². The zero-order valence-corrected chi connectivity index (χ0v) is 70.1. The summed E-state index contributed by atoms with van der Waals surface area (Å²) in [6.07, 6.45) is 4.00. The Morgan fingerprint density at radius 3 is 1.19 bits per heavy atom. The van der Waals surface area contributed by atoms with Crippen LogP contribution >= 0.6 is 46.4 Å². The Balaban J connectivity index is -0.00000137. The fraction of sp³-hybridized carbons (Fsp3) is 0.518. The number of alkyl carbamates (subject to hydrolysis) is 3. The van der Waals surface area contributed by atoms with Gasteiger partial charge in [-0.2, -0.15) is 26.3 Å². The molecule has 37 heteroatoms. The summed E-state index contributed by atoms with van der Waals surface area (Å²) in [6.45, 7) is 20.4. The van der Waals surface area contributed by atoms with Gasteiger partial charge in [-0.05, 0) is 212 Å². The molecule has 0 bridgehead atoms. The number of halogens is 10. The molecule has 0 spiro atoms. The number of nitrogens with one attached hydrogen (secondary N) is 4. The number of nitrogens with zero attached hydrogens (tertiary/aromatic N) is 6. The number of amides is 3. The summed E-state index contributed by atoms with van der Waals surface area (Å²) in [5.41, 5.74) is 7.11. The maximum atomic E-state index is 12.8. The van der Waals surface area contributed by atoms with E-state index in [1.165, 1.54) is 63.2 Å². The zero-order chi connectivity index (χ0) is 87.5. The van der Waals surface area contributed by atoms with Crippen LogP contribution in [-0.2, 0) is 37.8 Å². The van der Waals surface area contributed by atoms with Gasteiger partial charge in [0.05, 0.1) is 36.9 Å². The van der Waals surface area contributed by atoms with Gasteiger partial charge in [0, 0.05) is 66.7 Å². The van der Waals surface area contributed by atoms with Crippen LogP contribution in [0, 0.1) is 13.8 Å². The summed E-state index contributed by atoms with van der Waals surface area (Å²) in [5, 5.41) is 38.6. The highest BCUT2D eigenvalue weighted by Crippen LogP contribution is 2.35. The first-order chi connectivity index (χ1) is 54.8. The van der Waals surface area contributed by atoms with Crippen molar-refractivity contribution in [1.29, 1.82) is 0 Å². The van der Waals surface area contributed by atoms with Crippen LogP contribution in [0.3, 0.4) is 0 Å². The lowest BCUT2D eigenvalue weighted by molar-refractivity contribution is -0.139. The molecule has 3 fully saturated rings. The van der Waals surface area contributed by atoms with E-state index in [-0.39, 0.29) is 134 Å². The third-order valence-corrected chi connectivity index (χ3v) is 16.3. The number of hydrogen-bond acceptors (Lipinski definition) is 24. The van der Waals surface area contributed by atoms with Crippen LogP contribution in [0.25, 0.3) is 0 Å². The molecule has 10 rings (SSSR count). The third-order valence-electron chi connectivity index (χ3n) is 15.6. The molecule has 122 heavy (non-hydrogen) atoms. The van der Waals surface area contributed by atoms with E-state index in [2.05, 4.69) is 55.9 Å². The van der Waals surface area contributed by atoms with Crippen LogP contribution in [0.1, 0.15) is 204 Å². The molecule has 3 aliphatic carbocycles. The minimum absolute atomic E-state index is 0. The molecule has 3 heterocycles. The van der Waals surface area contributed by atoms with Gasteiger partial charge in [0.15, 0.2) is 0 Å². The highest BCUT2D eigenvalue weighted by molar-refractivity contribution is 6.61. The van der Waals surface area contributed by atoms with E-state index in [1.54, 1.807) is 66.7 Å². The van der Waals surface area contributed by atoms with Crippen LogP contribution in [0.2, 0.25) is 15.5 Å². The predicted octanol–water partition coefficient (Wildman–Crippen LogP) is 20.3. The van der Waals surface area contributed by atoms with Crippen LogP contribution in [0.15, 0.2) is 134 Å². The number of benzene rings is 4. The summed E-state index contributed by atoms with van der Waals surface area (Å²) in [4.78, 5) is 80.1. The smallest absolute Gasteiger partial charge is 0.416 e. The Labute approximate surface area is 734 Å². The van der Waals surface area contributed by atoms with Gasteiger partial charge < -0.3 is 81.2 Å². The maximum absolute atomic E-state index is 12.8. The Kier molecular flexibility index (Phi) is 56.9. The SMILES string of the molecule is C.C.C.C.C.CC(C)(C)OC(=O)NC1CCC(O)CC1.CC(C)(C)OC(=O)NC1CCC(Oc2cc(Cl)ncn2)CC1.CC(C)(C)OC(=O)NC1CCC(Oc2cc(NCCO)ncn2)CC1.Cc1ccc(CC(=O)Oc2ccccc2)cc1C(F)(F)F.Cc1ccc(N)cc1C(F)(F)F.Clc1cc(Cl)ncn1.NCCO.O=C(Cl)Oc1ccccc1. The van der Waals surface area contributed by atoms with Crippen molar-refractivity contribution < 1.29 is 98.8 Å². The molecule has 3 amide bonds. The van der Waals surface area contributed by atoms with E-state index in [9.17, 15) is 55.4 Å². The second-order valence-electron chi connectivity index (χ2n) is 29.2. The van der Waals surface area contributed by atoms with Gasteiger partial charge >= 0.3 is 42.0 Å². The molecular weight excluding hydrogens is 1680 g/mol. The van der Waals surface area contributed by atoms with Gasteiger partial charge in [0.25, 0.3) is 0 Å². The predicted molar refractivity (Wildman–Crippen MR) is 467 cm³/mol. The Hall–Kier alpha value is -9.35. The minimum atomic E-state index is -4.43. The quantitative estimate of drug-likeness (QED) is 0.00875. The lowest BCUT2D eigenvalue weighted by atomic mass is 9.93. The average Bonchev–Trinajstić information content (AvgIpc) is 0.831.